The highest BCUT2D eigenvalue weighted by atomic mass is 16.1. The molecule has 0 aromatic carbocycles. The minimum Gasteiger partial charge on any atom is -0.339 e. The van der Waals surface area contributed by atoms with Crippen LogP contribution in [0.1, 0.15) is 6.92 Å². The molecule has 50 valence electrons. The Bertz CT molecular complexity index is 162. The fourth-order valence-corrected chi connectivity index (χ4v) is 0.931. The number of carbonyl (C=O) groups excluding carboxylic acids is 1. The van der Waals surface area contributed by atoms with Crippen molar-refractivity contribution in [2.24, 2.45) is 0 Å². The summed E-state index contributed by atoms with van der Waals surface area (Å²) in [5, 5.41) is 2.77. The Morgan fingerprint density at radius 2 is 2.44 bits per heavy atom. The lowest BCUT2D eigenvalue weighted by molar-refractivity contribution is -0.520. The van der Waals surface area contributed by atoms with Crippen molar-refractivity contribution in [3.63, 3.8) is 0 Å². The van der Waals surface area contributed by atoms with E-state index in [1.54, 1.807) is 0 Å². The van der Waals surface area contributed by atoms with Crippen LogP contribution in [-0.4, -0.2) is 36.3 Å². The molecule has 0 aromatic rings. The van der Waals surface area contributed by atoms with E-state index in [1.807, 2.05) is 17.8 Å². The molecule has 1 rings (SSSR count). The van der Waals surface area contributed by atoms with Gasteiger partial charge in [-0.15, -0.1) is 0 Å². The Labute approximate surface area is 54.4 Å². The van der Waals surface area contributed by atoms with Gasteiger partial charge in [0, 0.05) is 6.92 Å². The van der Waals surface area contributed by atoms with Gasteiger partial charge in [-0.2, -0.15) is 0 Å². The number of nitrogens with zero attached hydrogens (tertiary/aromatic N) is 1. The molecule has 0 saturated carbocycles. The van der Waals surface area contributed by atoms with Gasteiger partial charge in [-0.1, -0.05) is 0 Å². The minimum absolute atomic E-state index is 0.0457. The predicted molar refractivity (Wildman–Crippen MR) is 34.7 cm³/mol. The van der Waals surface area contributed by atoms with E-state index in [0.717, 1.165) is 6.54 Å². The van der Waals surface area contributed by atoms with Crippen LogP contribution in [0.3, 0.4) is 0 Å². The quantitative estimate of drug-likeness (QED) is 0.460. The maximum Gasteiger partial charge on any atom is 0.217 e. The zero-order valence-electron chi connectivity index (χ0n) is 5.72. The van der Waals surface area contributed by atoms with Gasteiger partial charge in [-0.3, -0.25) is 4.79 Å². The molecular formula is C6H11N2O+. The number of likely N-dealkylation sites (N-methyl/N-ethyl adjacent to an activating group) is 1. The molecular weight excluding hydrogens is 116 g/mol. The first-order valence-corrected chi connectivity index (χ1v) is 3.01. The molecule has 0 aliphatic carbocycles. The topological polar surface area (TPSA) is 32.1 Å². The van der Waals surface area contributed by atoms with Crippen LogP contribution in [-0.2, 0) is 4.79 Å². The third-order valence-corrected chi connectivity index (χ3v) is 1.31. The van der Waals surface area contributed by atoms with E-state index >= 15 is 0 Å². The highest BCUT2D eigenvalue weighted by Crippen LogP contribution is 1.89. The Morgan fingerprint density at radius 3 is 2.78 bits per heavy atom. The molecule has 1 aliphatic heterocycles. The minimum atomic E-state index is 0.0457. The average Bonchev–Trinajstić information content (AvgIpc) is 1.60. The Balaban J connectivity index is 2.27. The largest absolute Gasteiger partial charge is 0.339 e. The molecule has 1 aliphatic rings. The number of carbonyl (C=O) groups is 1. The molecule has 0 bridgehead atoms. The van der Waals surface area contributed by atoms with E-state index in [0.29, 0.717) is 0 Å². The molecule has 3 nitrogen and oxygen atoms in total. The zero-order chi connectivity index (χ0) is 6.85. The summed E-state index contributed by atoms with van der Waals surface area (Å²) in [5.74, 6) is 0.0457. The second kappa shape index (κ2) is 2.17. The summed E-state index contributed by atoms with van der Waals surface area (Å²) in [4.78, 5) is 10.4. The molecule has 1 amide bonds. The normalized spacial score (nSPS) is 24.2. The van der Waals surface area contributed by atoms with Crippen molar-refractivity contribution in [1.29, 1.82) is 0 Å². The maximum absolute atomic E-state index is 10.4. The molecule has 1 unspecified atom stereocenters. The lowest BCUT2D eigenvalue weighted by Gasteiger charge is -2.16. The van der Waals surface area contributed by atoms with Gasteiger partial charge >= 0.3 is 0 Å². The molecule has 3 heteroatoms. The van der Waals surface area contributed by atoms with E-state index in [4.69, 9.17) is 0 Å². The lowest BCUT2D eigenvalue weighted by atomic mass is 10.2. The van der Waals surface area contributed by atoms with Crippen LogP contribution in [0.15, 0.2) is 0 Å². The smallest absolute Gasteiger partial charge is 0.217 e. The summed E-state index contributed by atoms with van der Waals surface area (Å²) in [6, 6.07) is 0.285. The molecule has 0 radical (unpaired) electrons. The molecule has 9 heavy (non-hydrogen) atoms. The summed E-state index contributed by atoms with van der Waals surface area (Å²) < 4.78 is 2.04. The van der Waals surface area contributed by atoms with E-state index < -0.39 is 0 Å². The lowest BCUT2D eigenvalue weighted by Crippen LogP contribution is -2.49. The monoisotopic (exact) mass is 127 g/mol. The molecule has 1 N–H and O–H groups in total. The first-order chi connectivity index (χ1) is 4.18. The van der Waals surface area contributed by atoms with Crippen LogP contribution in [0.25, 0.3) is 0 Å². The zero-order valence-corrected chi connectivity index (χ0v) is 5.72. The summed E-state index contributed by atoms with van der Waals surface area (Å²) in [7, 11) is 1.98. The van der Waals surface area contributed by atoms with Gasteiger partial charge in [-0.05, 0) is 0 Å². The number of amides is 1. The van der Waals surface area contributed by atoms with Gasteiger partial charge in [0.05, 0.1) is 0 Å². The number of hydrogen-bond donors (Lipinski definition) is 1. The Hall–Kier alpha value is -0.860. The van der Waals surface area contributed by atoms with Crippen molar-refractivity contribution in [3.8, 4) is 0 Å². The highest BCUT2D eigenvalue weighted by Gasteiger charge is 2.23. The second-order valence-electron chi connectivity index (χ2n) is 2.40. The van der Waals surface area contributed by atoms with Gasteiger partial charge in [-0.25, -0.2) is 4.58 Å². The van der Waals surface area contributed by atoms with Crippen LogP contribution >= 0.6 is 0 Å². The van der Waals surface area contributed by atoms with Crippen molar-refractivity contribution in [2.45, 2.75) is 13.0 Å². The van der Waals surface area contributed by atoms with Crippen molar-refractivity contribution >= 4 is 12.1 Å². The Kier molecular flexibility index (Phi) is 1.51. The molecule has 1 heterocycles. The summed E-state index contributed by atoms with van der Waals surface area (Å²) >= 11 is 0. The molecule has 0 fully saturated rings. The maximum atomic E-state index is 10.4. The van der Waals surface area contributed by atoms with E-state index in [2.05, 4.69) is 5.32 Å². The Morgan fingerprint density at radius 1 is 1.89 bits per heavy atom. The van der Waals surface area contributed by atoms with Crippen LogP contribution in [0.5, 0.6) is 0 Å². The van der Waals surface area contributed by atoms with Gasteiger partial charge in [0.25, 0.3) is 0 Å². The molecule has 1 atom stereocenters. The van der Waals surface area contributed by atoms with Gasteiger partial charge in [0.15, 0.2) is 18.8 Å². The molecule has 0 aromatic heterocycles. The first kappa shape index (κ1) is 6.26. The van der Waals surface area contributed by atoms with Crippen molar-refractivity contribution < 1.29 is 9.37 Å². The van der Waals surface area contributed by atoms with Crippen LogP contribution in [0.4, 0.5) is 0 Å². The van der Waals surface area contributed by atoms with Crippen molar-refractivity contribution in [1.82, 2.24) is 5.32 Å². The first-order valence-electron chi connectivity index (χ1n) is 3.01. The summed E-state index contributed by atoms with van der Waals surface area (Å²) in [6.07, 6.45) is 1.99. The fourth-order valence-electron chi connectivity index (χ4n) is 0.931. The van der Waals surface area contributed by atoms with Crippen molar-refractivity contribution in [3.05, 3.63) is 0 Å². The number of rotatable bonds is 1. The molecule has 0 spiro atoms. The van der Waals surface area contributed by atoms with Crippen molar-refractivity contribution in [2.75, 3.05) is 13.6 Å². The average molecular weight is 127 g/mol. The standard InChI is InChI=1S/C6H10N2O/c1-5(9)7-6-3-8(2)4-6/h3,6H,4H2,1-2H3/p+1. The van der Waals surface area contributed by atoms with Gasteiger partial charge < -0.3 is 5.32 Å². The van der Waals surface area contributed by atoms with Crippen LogP contribution in [0, 0.1) is 0 Å². The van der Waals surface area contributed by atoms with E-state index in [1.165, 1.54) is 6.92 Å². The SMILES string of the molecule is CC(=O)NC1C=[N+](C)C1. The molecule has 0 saturated heterocycles. The van der Waals surface area contributed by atoms with Gasteiger partial charge in [0.1, 0.15) is 7.05 Å². The summed E-state index contributed by atoms with van der Waals surface area (Å²) in [5.41, 5.74) is 0. The fraction of sp³-hybridized carbons (Fsp3) is 0.667. The third kappa shape index (κ3) is 1.52. The predicted octanol–water partition coefficient (Wildman–Crippen LogP) is -0.782. The van der Waals surface area contributed by atoms with E-state index in [-0.39, 0.29) is 11.9 Å². The third-order valence-electron chi connectivity index (χ3n) is 1.31. The highest BCUT2D eigenvalue weighted by molar-refractivity contribution is 5.78. The van der Waals surface area contributed by atoms with E-state index in [9.17, 15) is 4.79 Å². The summed E-state index contributed by atoms with van der Waals surface area (Å²) in [6.45, 7) is 2.48. The number of nitrogens with one attached hydrogen (secondary N) is 1. The van der Waals surface area contributed by atoms with Gasteiger partial charge in [0.2, 0.25) is 5.91 Å². The van der Waals surface area contributed by atoms with Crippen LogP contribution < -0.4 is 5.32 Å². The number of hydrogen-bond acceptors (Lipinski definition) is 1. The second-order valence-corrected chi connectivity index (χ2v) is 2.40. The van der Waals surface area contributed by atoms with Crippen LogP contribution in [0.2, 0.25) is 0 Å².